The largest absolute Gasteiger partial charge is 0.481 e. The third-order valence-corrected chi connectivity index (χ3v) is 14.4. The maximum Gasteiger partial charge on any atom is 0.416 e. The second-order valence-corrected chi connectivity index (χ2v) is 19.8. The van der Waals surface area contributed by atoms with Crippen LogP contribution in [-0.4, -0.2) is 180 Å². The first-order valence-corrected chi connectivity index (χ1v) is 25.2. The van der Waals surface area contributed by atoms with E-state index in [1.165, 1.54) is 47.9 Å². The van der Waals surface area contributed by atoms with Gasteiger partial charge in [-0.05, 0) is 75.6 Å². The van der Waals surface area contributed by atoms with E-state index in [1.54, 1.807) is 32.7 Å². The Morgan fingerprint density at radius 2 is 1.49 bits per heavy atom. The minimum atomic E-state index is -4.60. The number of aldehydes is 1. The highest BCUT2D eigenvalue weighted by Gasteiger charge is 2.48. The van der Waals surface area contributed by atoms with Crippen molar-refractivity contribution in [3.8, 4) is 0 Å². The molecule has 1 aromatic rings. The second kappa shape index (κ2) is 26.8. The van der Waals surface area contributed by atoms with Crippen molar-refractivity contribution in [3.63, 3.8) is 0 Å². The first kappa shape index (κ1) is 58.8. The second-order valence-electron chi connectivity index (χ2n) is 19.8. The van der Waals surface area contributed by atoms with E-state index >= 15 is 0 Å². The molecule has 0 unspecified atom stereocenters. The average Bonchev–Trinajstić information content (AvgIpc) is 3.88. The molecule has 4 rings (SSSR count). The molecule has 0 bridgehead atoms. The van der Waals surface area contributed by atoms with Gasteiger partial charge in [0.05, 0.1) is 25.1 Å². The SMILES string of the molecule is CCCOC(=O)N[C@@H](Cc1ccc(C(F)(F)F)cc1)C(=O)N[C@H](C(=O)N(C)[C@@H](C)C(=O)N1CC[C@H]1C(=O)N(C)[C@](C=O)(CC1CCCCC1)CN(C)CC(=O)N[C@@H](CC(=O)O)C(=O)N1CCCC1)[C@@H](C)CC. The molecule has 1 saturated carbocycles. The Bertz CT molecular complexity index is 2070. The van der Waals surface area contributed by atoms with E-state index in [2.05, 4.69) is 16.0 Å². The first-order chi connectivity index (χ1) is 34.0. The summed E-state index contributed by atoms with van der Waals surface area (Å²) in [6.45, 7) is 7.45. The van der Waals surface area contributed by atoms with Crippen molar-refractivity contribution in [1.29, 1.82) is 0 Å². The number of carbonyl (C=O) groups excluding carboxylic acids is 8. The van der Waals surface area contributed by atoms with Crippen molar-refractivity contribution >= 4 is 53.8 Å². The zero-order chi connectivity index (χ0) is 53.5. The number of hydrogen-bond donors (Lipinski definition) is 4. The fourth-order valence-electron chi connectivity index (χ4n) is 9.66. The number of carbonyl (C=O) groups is 9. The number of halogens is 3. The molecule has 2 saturated heterocycles. The lowest BCUT2D eigenvalue weighted by Gasteiger charge is -2.48. The molecule has 3 fully saturated rings. The van der Waals surface area contributed by atoms with Gasteiger partial charge in [-0.2, -0.15) is 13.2 Å². The third kappa shape index (κ3) is 15.8. The first-order valence-electron chi connectivity index (χ1n) is 25.2. The Morgan fingerprint density at radius 3 is 2.03 bits per heavy atom. The van der Waals surface area contributed by atoms with Crippen LogP contribution in [-0.2, 0) is 55.7 Å². The van der Waals surface area contributed by atoms with E-state index in [1.807, 2.05) is 0 Å². The molecular weight excluding hydrogens is 946 g/mol. The van der Waals surface area contributed by atoms with E-state index < -0.39 is 107 Å². The molecule has 7 atom stereocenters. The highest BCUT2D eigenvalue weighted by molar-refractivity contribution is 5.97. The molecule has 2 heterocycles. The number of carboxylic acids is 1. The number of ether oxygens (including phenoxy) is 1. The van der Waals surface area contributed by atoms with Crippen LogP contribution in [0.25, 0.3) is 0 Å². The summed E-state index contributed by atoms with van der Waals surface area (Å²) in [5.41, 5.74) is -2.08. The number of amides is 7. The van der Waals surface area contributed by atoms with Gasteiger partial charge in [0, 0.05) is 46.7 Å². The number of alkyl halides is 3. The molecule has 7 amide bonds. The van der Waals surface area contributed by atoms with Crippen LogP contribution in [0.2, 0.25) is 0 Å². The normalized spacial score (nSPS) is 19.1. The predicted molar refractivity (Wildman–Crippen MR) is 258 cm³/mol. The molecule has 19 nitrogen and oxygen atoms in total. The minimum absolute atomic E-state index is 0.0317. The topological polar surface area (TPSA) is 235 Å². The summed E-state index contributed by atoms with van der Waals surface area (Å²) in [6.07, 6.45) is 1.81. The molecular formula is C50H75F3N8O11. The number of likely N-dealkylation sites (N-methyl/N-ethyl adjacent to an activating group) is 3. The Hall–Kier alpha value is -5.80. The molecule has 1 aromatic carbocycles. The van der Waals surface area contributed by atoms with Gasteiger partial charge in [-0.15, -0.1) is 0 Å². The van der Waals surface area contributed by atoms with Crippen LogP contribution in [0.3, 0.4) is 0 Å². The van der Waals surface area contributed by atoms with E-state index in [9.17, 15) is 61.4 Å². The van der Waals surface area contributed by atoms with E-state index in [4.69, 9.17) is 4.74 Å². The molecule has 0 radical (unpaired) electrons. The van der Waals surface area contributed by atoms with Crippen LogP contribution in [0.15, 0.2) is 24.3 Å². The monoisotopic (exact) mass is 1020 g/mol. The maximum atomic E-state index is 14.6. The van der Waals surface area contributed by atoms with Gasteiger partial charge in [-0.25, -0.2) is 4.79 Å². The summed E-state index contributed by atoms with van der Waals surface area (Å²) in [5, 5.41) is 17.3. The smallest absolute Gasteiger partial charge is 0.416 e. The van der Waals surface area contributed by atoms with Gasteiger partial charge < -0.3 is 50.2 Å². The van der Waals surface area contributed by atoms with Gasteiger partial charge in [0.2, 0.25) is 35.4 Å². The molecule has 402 valence electrons. The van der Waals surface area contributed by atoms with Crippen LogP contribution in [0.4, 0.5) is 18.0 Å². The number of nitrogens with one attached hydrogen (secondary N) is 3. The molecule has 0 spiro atoms. The Kier molecular flexibility index (Phi) is 21.8. The summed E-state index contributed by atoms with van der Waals surface area (Å²) in [7, 11) is 4.47. The van der Waals surface area contributed by atoms with Gasteiger partial charge in [0.25, 0.3) is 0 Å². The van der Waals surface area contributed by atoms with Gasteiger partial charge >= 0.3 is 18.2 Å². The summed E-state index contributed by atoms with van der Waals surface area (Å²) >= 11 is 0. The van der Waals surface area contributed by atoms with Crippen LogP contribution in [0.1, 0.15) is 116 Å². The number of nitrogens with zero attached hydrogens (tertiary/aromatic N) is 5. The van der Waals surface area contributed by atoms with Crippen LogP contribution >= 0.6 is 0 Å². The fraction of sp³-hybridized carbons (Fsp3) is 0.700. The van der Waals surface area contributed by atoms with Crippen LogP contribution in [0, 0.1) is 11.8 Å². The standard InChI is InChI=1S/C50H75F3N8O11/c1-8-25-72-48(71)55-37(26-34-17-19-36(20-18-34)50(51,52)53)43(66)56-42(32(3)9-2)47(70)58(6)33(4)44(67)61-24-21-39(61)46(69)59(7)49(31-62,28-35-15-11-10-12-16-35)30-57(5)29-40(63)54-38(27-41(64)65)45(68)60-22-13-14-23-60/h17-20,31-33,35,37-39,42H,8-16,21-30H2,1-7H3,(H,54,63)(H,55,71)(H,56,66)(H,64,65)/t32-,33-,37-,38-,39-,42-,49+/m0/s1. The zero-order valence-corrected chi connectivity index (χ0v) is 42.8. The highest BCUT2D eigenvalue weighted by atomic mass is 19.4. The maximum absolute atomic E-state index is 14.6. The molecule has 3 aliphatic rings. The van der Waals surface area contributed by atoms with Crippen LogP contribution < -0.4 is 16.0 Å². The highest BCUT2D eigenvalue weighted by Crippen LogP contribution is 2.35. The summed E-state index contributed by atoms with van der Waals surface area (Å²) < 4.78 is 45.0. The van der Waals surface area contributed by atoms with Crippen molar-refractivity contribution in [3.05, 3.63) is 35.4 Å². The van der Waals surface area contributed by atoms with Crippen molar-refractivity contribution in [2.24, 2.45) is 11.8 Å². The molecule has 72 heavy (non-hydrogen) atoms. The molecule has 2 aliphatic heterocycles. The molecule has 4 N–H and O–H groups in total. The predicted octanol–water partition coefficient (Wildman–Crippen LogP) is 3.61. The van der Waals surface area contributed by atoms with Gasteiger partial charge in [0.15, 0.2) is 0 Å². The Labute approximate surface area is 420 Å². The third-order valence-electron chi connectivity index (χ3n) is 14.4. The quantitative estimate of drug-likeness (QED) is 0.103. The fourth-order valence-corrected chi connectivity index (χ4v) is 9.66. The minimum Gasteiger partial charge on any atom is -0.481 e. The molecule has 0 aromatic heterocycles. The van der Waals surface area contributed by atoms with E-state index in [-0.39, 0.29) is 57.0 Å². The van der Waals surface area contributed by atoms with Gasteiger partial charge in [-0.1, -0.05) is 71.4 Å². The number of benzene rings is 1. The van der Waals surface area contributed by atoms with Gasteiger partial charge in [-0.3, -0.25) is 38.5 Å². The van der Waals surface area contributed by atoms with E-state index in [0.717, 1.165) is 62.0 Å². The summed E-state index contributed by atoms with van der Waals surface area (Å²) in [5.74, 6) is -5.39. The lowest BCUT2D eigenvalue weighted by molar-refractivity contribution is -0.161. The zero-order valence-electron chi connectivity index (χ0n) is 42.8. The van der Waals surface area contributed by atoms with Crippen molar-refractivity contribution in [2.45, 2.75) is 153 Å². The average molecular weight is 1020 g/mol. The van der Waals surface area contributed by atoms with Crippen molar-refractivity contribution in [1.82, 2.24) is 40.4 Å². The Balaban J connectivity index is 1.50. The van der Waals surface area contributed by atoms with Gasteiger partial charge in [0.1, 0.15) is 42.0 Å². The van der Waals surface area contributed by atoms with E-state index in [0.29, 0.717) is 32.2 Å². The summed E-state index contributed by atoms with van der Waals surface area (Å²) in [6, 6.07) is -1.96. The number of hydrogen-bond acceptors (Lipinski definition) is 11. The van der Waals surface area contributed by atoms with Crippen molar-refractivity contribution < 1.29 is 66.2 Å². The lowest BCUT2D eigenvalue weighted by atomic mass is 9.78. The molecule has 22 heteroatoms. The number of carboxylic acid groups (broad SMARTS) is 1. The number of rotatable bonds is 25. The lowest BCUT2D eigenvalue weighted by Crippen LogP contribution is -2.67. The van der Waals surface area contributed by atoms with Crippen molar-refractivity contribution in [2.75, 3.05) is 60.5 Å². The molecule has 1 aliphatic carbocycles. The van der Waals surface area contributed by atoms with Crippen LogP contribution in [0.5, 0.6) is 0 Å². The summed E-state index contributed by atoms with van der Waals surface area (Å²) in [4.78, 5) is 128. The Morgan fingerprint density at radius 1 is 0.847 bits per heavy atom. The number of alkyl carbamates (subject to hydrolysis) is 1. The number of aliphatic carboxylic acids is 1. The number of likely N-dealkylation sites (tertiary alicyclic amines) is 2.